The van der Waals surface area contributed by atoms with Gasteiger partial charge in [0, 0.05) is 25.0 Å². The molecule has 0 aliphatic heterocycles. The second-order valence-electron chi connectivity index (χ2n) is 19.2. The first-order chi connectivity index (χ1) is 36.3. The molecule has 2 aromatic carbocycles. The summed E-state index contributed by atoms with van der Waals surface area (Å²) in [5.74, 6) is -10.2. The lowest BCUT2D eigenvalue weighted by Crippen LogP contribution is -2.61. The summed E-state index contributed by atoms with van der Waals surface area (Å²) in [6.07, 6.45) is -1.10. The molecule has 77 heavy (non-hydrogen) atoms. The van der Waals surface area contributed by atoms with E-state index in [2.05, 4.69) is 55.2 Å². The minimum atomic E-state index is -1.59. The van der Waals surface area contributed by atoms with Crippen molar-refractivity contribution in [3.05, 3.63) is 59.7 Å². The number of aromatic hydroxyl groups is 2. The van der Waals surface area contributed by atoms with Gasteiger partial charge in [-0.15, -0.1) is 0 Å². The van der Waals surface area contributed by atoms with Crippen LogP contribution in [0.2, 0.25) is 0 Å². The standard InChI is InChI=1S/C51H78N10O15S/c1-6-7-10-35(45(69)58-38(23-27(2)3)47(71)54-28(4)43(67)57-37(51(75)76)20-21-41(65)66)55-48(72)39(24-30-12-16-32(63)17-13-30)59-46(70)36(11-8-9-22-52)56-49(73)40(25-31-14-18-33(64)19-15-31)60-50(74)42(29(5)62)61-44(68)34(53)26-77/h12-19,27-29,34-40,42,62-64,77H,6-11,20-26,52-53H2,1-5H3,(H,54,71)(H,55,72)(H,56,73)(H,57,67)(H,58,69)(H,59,70)(H,60,74)(H,61,68)(H,65,66)(H,75,76)/t28-,29+,34-,35-,36-,37-,38-,39-,40-,42-/m0/s1. The number of nitrogens with two attached hydrogens (primary N) is 2. The molecule has 26 heteroatoms. The normalized spacial score (nSPS) is 15.0. The Labute approximate surface area is 453 Å². The summed E-state index contributed by atoms with van der Waals surface area (Å²) < 4.78 is 0. The highest BCUT2D eigenvalue weighted by molar-refractivity contribution is 7.80. The van der Waals surface area contributed by atoms with Crippen molar-refractivity contribution in [2.24, 2.45) is 17.4 Å². The van der Waals surface area contributed by atoms with Crippen LogP contribution in [0.4, 0.5) is 0 Å². The largest absolute Gasteiger partial charge is 0.508 e. The van der Waals surface area contributed by atoms with Crippen LogP contribution in [0.25, 0.3) is 0 Å². The molecule has 0 spiro atoms. The molecule has 0 saturated carbocycles. The van der Waals surface area contributed by atoms with E-state index in [0.29, 0.717) is 36.8 Å². The maximum atomic E-state index is 14.5. The van der Waals surface area contributed by atoms with Gasteiger partial charge in [0.15, 0.2) is 0 Å². The van der Waals surface area contributed by atoms with Crippen LogP contribution in [-0.4, -0.2) is 158 Å². The summed E-state index contributed by atoms with van der Waals surface area (Å²) in [4.78, 5) is 133. The maximum absolute atomic E-state index is 14.5. The fourth-order valence-corrected chi connectivity index (χ4v) is 7.76. The second-order valence-corrected chi connectivity index (χ2v) is 19.5. The Morgan fingerprint density at radius 1 is 0.532 bits per heavy atom. The van der Waals surface area contributed by atoms with Gasteiger partial charge in [-0.3, -0.25) is 43.2 Å². The highest BCUT2D eigenvalue weighted by atomic mass is 32.1. The molecule has 10 atom stereocenters. The van der Waals surface area contributed by atoms with Crippen molar-refractivity contribution < 1.29 is 73.5 Å². The first kappa shape index (κ1) is 66.1. The number of nitrogens with one attached hydrogen (secondary N) is 8. The molecule has 428 valence electrons. The van der Waals surface area contributed by atoms with Crippen molar-refractivity contribution in [2.75, 3.05) is 12.3 Å². The van der Waals surface area contributed by atoms with Crippen molar-refractivity contribution in [1.29, 1.82) is 0 Å². The van der Waals surface area contributed by atoms with Crippen LogP contribution in [0, 0.1) is 5.92 Å². The van der Waals surface area contributed by atoms with Gasteiger partial charge in [0.2, 0.25) is 47.3 Å². The molecule has 2 rings (SSSR count). The molecule has 0 unspecified atom stereocenters. The van der Waals surface area contributed by atoms with Gasteiger partial charge in [-0.2, -0.15) is 12.6 Å². The Morgan fingerprint density at radius 3 is 1.39 bits per heavy atom. The Kier molecular flexibility index (Phi) is 29.1. The number of aliphatic hydroxyl groups excluding tert-OH is 1. The zero-order valence-electron chi connectivity index (χ0n) is 44.1. The average molecular weight is 1100 g/mol. The Hall–Kier alpha value is -7.03. The number of carboxylic acid groups (broad SMARTS) is 2. The van der Waals surface area contributed by atoms with Gasteiger partial charge in [0.25, 0.3) is 0 Å². The van der Waals surface area contributed by atoms with E-state index < -0.39 is 133 Å². The van der Waals surface area contributed by atoms with Crippen molar-refractivity contribution in [1.82, 2.24) is 42.5 Å². The zero-order chi connectivity index (χ0) is 57.9. The highest BCUT2D eigenvalue weighted by Gasteiger charge is 2.36. The fourth-order valence-electron chi connectivity index (χ4n) is 7.60. The summed E-state index contributed by atoms with van der Waals surface area (Å²) in [6, 6.07) is -1.11. The topological polar surface area (TPSA) is 420 Å². The summed E-state index contributed by atoms with van der Waals surface area (Å²) in [6.45, 7) is 8.10. The molecule has 17 N–H and O–H groups in total. The van der Waals surface area contributed by atoms with E-state index >= 15 is 0 Å². The second kappa shape index (κ2) is 33.9. The molecule has 8 amide bonds. The number of amides is 8. The summed E-state index contributed by atoms with van der Waals surface area (Å²) in [7, 11) is 0. The minimum absolute atomic E-state index is 0.0256. The van der Waals surface area contributed by atoms with Crippen molar-refractivity contribution >= 4 is 71.8 Å². The molecule has 0 fully saturated rings. The molecule has 0 saturated heterocycles. The number of phenolic OH excluding ortho intramolecular Hbond substituents is 2. The summed E-state index contributed by atoms with van der Waals surface area (Å²) in [5, 5.41) is 69.3. The Balaban J connectivity index is 2.52. The number of aliphatic carboxylic acids is 2. The van der Waals surface area contributed by atoms with Gasteiger partial charge in [-0.05, 0) is 100 Å². The van der Waals surface area contributed by atoms with Crippen LogP contribution in [0.15, 0.2) is 48.5 Å². The van der Waals surface area contributed by atoms with E-state index in [4.69, 9.17) is 16.6 Å². The number of phenols is 2. The van der Waals surface area contributed by atoms with E-state index in [0.717, 1.165) is 0 Å². The maximum Gasteiger partial charge on any atom is 0.326 e. The van der Waals surface area contributed by atoms with E-state index in [1.54, 1.807) is 13.8 Å². The van der Waals surface area contributed by atoms with Crippen LogP contribution in [0.1, 0.15) is 104 Å². The van der Waals surface area contributed by atoms with Crippen molar-refractivity contribution in [3.63, 3.8) is 0 Å². The lowest BCUT2D eigenvalue weighted by molar-refractivity contribution is -0.143. The van der Waals surface area contributed by atoms with Crippen LogP contribution >= 0.6 is 12.6 Å². The Morgan fingerprint density at radius 2 is 0.961 bits per heavy atom. The predicted molar refractivity (Wildman–Crippen MR) is 285 cm³/mol. The highest BCUT2D eigenvalue weighted by Crippen LogP contribution is 2.16. The number of carboxylic acids is 2. The number of aliphatic hydroxyl groups is 1. The summed E-state index contributed by atoms with van der Waals surface area (Å²) >= 11 is 4.01. The molecular weight excluding hydrogens is 1020 g/mol. The molecule has 0 aromatic heterocycles. The molecule has 0 radical (unpaired) electrons. The lowest BCUT2D eigenvalue weighted by atomic mass is 10.00. The first-order valence-electron chi connectivity index (χ1n) is 25.5. The number of rotatable bonds is 35. The number of hydrogen-bond donors (Lipinski definition) is 16. The molecule has 2 aromatic rings. The van der Waals surface area contributed by atoms with Crippen molar-refractivity contribution in [3.8, 4) is 11.5 Å². The lowest BCUT2D eigenvalue weighted by Gasteiger charge is -2.28. The fraction of sp³-hybridized carbons (Fsp3) is 0.569. The van der Waals surface area contributed by atoms with Crippen molar-refractivity contribution in [2.45, 2.75) is 166 Å². The average Bonchev–Trinajstić information content (AvgIpc) is 3.37. The number of benzene rings is 2. The number of hydrogen-bond acceptors (Lipinski definition) is 16. The number of thiol groups is 1. The molecule has 25 nitrogen and oxygen atoms in total. The monoisotopic (exact) mass is 1100 g/mol. The number of carbonyl (C=O) groups excluding carboxylic acids is 8. The molecule has 0 aliphatic rings. The van der Waals surface area contributed by atoms with Crippen LogP contribution in [0.3, 0.4) is 0 Å². The first-order valence-corrected chi connectivity index (χ1v) is 26.1. The van der Waals surface area contributed by atoms with Gasteiger partial charge < -0.3 is 79.5 Å². The van der Waals surface area contributed by atoms with Crippen LogP contribution in [-0.2, 0) is 60.8 Å². The third kappa shape index (κ3) is 24.2. The van der Waals surface area contributed by atoms with E-state index in [1.165, 1.54) is 62.4 Å². The number of carbonyl (C=O) groups is 10. The van der Waals surface area contributed by atoms with E-state index in [9.17, 15) is 68.4 Å². The molecule has 0 bridgehead atoms. The molecule has 0 heterocycles. The van der Waals surface area contributed by atoms with Gasteiger partial charge in [0.05, 0.1) is 12.1 Å². The molecule has 0 aliphatic carbocycles. The van der Waals surface area contributed by atoms with Crippen LogP contribution < -0.4 is 54.0 Å². The SMILES string of the molecule is CCCC[C@H](NC(=O)[C@H](Cc1ccc(O)cc1)NC(=O)[C@H](CCCCN)NC(=O)[C@H](Cc1ccc(O)cc1)NC(=O)[C@@H](NC(=O)[C@@H](N)CS)[C@@H](C)O)C(=O)N[C@@H](CC(C)C)C(=O)N[C@@H](C)C(=O)N[C@@H](CCC(=O)O)C(=O)O. The number of unbranched alkanes of at least 4 members (excludes halogenated alkanes) is 2. The smallest absolute Gasteiger partial charge is 0.326 e. The van der Waals surface area contributed by atoms with Gasteiger partial charge >= 0.3 is 11.9 Å². The van der Waals surface area contributed by atoms with Gasteiger partial charge in [-0.1, -0.05) is 57.9 Å². The van der Waals surface area contributed by atoms with Gasteiger partial charge in [0.1, 0.15) is 59.8 Å². The third-order valence-electron chi connectivity index (χ3n) is 12.0. The van der Waals surface area contributed by atoms with Crippen LogP contribution in [0.5, 0.6) is 11.5 Å². The third-order valence-corrected chi connectivity index (χ3v) is 12.4. The van der Waals surface area contributed by atoms with E-state index in [1.807, 2.05) is 6.92 Å². The van der Waals surface area contributed by atoms with Gasteiger partial charge in [-0.25, -0.2) is 4.79 Å². The predicted octanol–water partition coefficient (Wildman–Crippen LogP) is -1.27. The quantitative estimate of drug-likeness (QED) is 0.0283. The van der Waals surface area contributed by atoms with E-state index in [-0.39, 0.29) is 61.8 Å². The zero-order valence-corrected chi connectivity index (χ0v) is 45.0. The Bertz CT molecular complexity index is 2290. The summed E-state index contributed by atoms with van der Waals surface area (Å²) in [5.41, 5.74) is 12.5. The molecular formula is C51H78N10O15S. The minimum Gasteiger partial charge on any atom is -0.508 e.